The lowest BCUT2D eigenvalue weighted by atomic mass is 10.1. The Morgan fingerprint density at radius 1 is 1.03 bits per heavy atom. The summed E-state index contributed by atoms with van der Waals surface area (Å²) in [7, 11) is 0. The average molecular weight is 460 g/mol. The number of nitro groups is 1. The molecule has 2 saturated heterocycles. The molecule has 11 heteroatoms. The van der Waals surface area contributed by atoms with Gasteiger partial charge in [-0.3, -0.25) is 19.8 Å². The summed E-state index contributed by atoms with van der Waals surface area (Å²) >= 11 is 5.93. The summed E-state index contributed by atoms with van der Waals surface area (Å²) in [6.45, 7) is 7.16. The predicted molar refractivity (Wildman–Crippen MR) is 122 cm³/mol. The van der Waals surface area contributed by atoms with Gasteiger partial charge < -0.3 is 14.7 Å². The number of rotatable bonds is 5. The number of aromatic nitrogens is 2. The first-order valence-electron chi connectivity index (χ1n) is 10.7. The Labute approximate surface area is 191 Å². The van der Waals surface area contributed by atoms with Crippen molar-refractivity contribution in [3.05, 3.63) is 51.8 Å². The number of benzene rings is 1. The van der Waals surface area contributed by atoms with E-state index in [2.05, 4.69) is 19.8 Å². The lowest BCUT2D eigenvalue weighted by Crippen LogP contribution is -2.57. The van der Waals surface area contributed by atoms with E-state index >= 15 is 0 Å². The number of hydrogen-bond donors (Lipinski definition) is 0. The summed E-state index contributed by atoms with van der Waals surface area (Å²) in [4.78, 5) is 40.8. The van der Waals surface area contributed by atoms with Gasteiger partial charge in [0.25, 0.3) is 5.69 Å². The number of nitrogens with zero attached hydrogens (tertiary/aromatic N) is 7. The maximum atomic E-state index is 13.1. The van der Waals surface area contributed by atoms with Crippen molar-refractivity contribution in [1.29, 1.82) is 0 Å². The molecule has 0 spiro atoms. The second-order valence-electron chi connectivity index (χ2n) is 7.95. The molecule has 1 aromatic carbocycles. The van der Waals surface area contributed by atoms with Gasteiger partial charge in [0.2, 0.25) is 11.9 Å². The van der Waals surface area contributed by atoms with Crippen molar-refractivity contribution in [3.63, 3.8) is 0 Å². The molecule has 32 heavy (non-hydrogen) atoms. The number of carbonyl (C=O) groups is 1. The first-order valence-corrected chi connectivity index (χ1v) is 11.1. The third-order valence-corrected chi connectivity index (χ3v) is 6.36. The van der Waals surface area contributed by atoms with E-state index in [1.54, 1.807) is 30.6 Å². The molecule has 4 rings (SSSR count). The number of amides is 1. The first-order chi connectivity index (χ1) is 15.4. The van der Waals surface area contributed by atoms with Gasteiger partial charge in [0.05, 0.1) is 11.0 Å². The molecule has 1 atom stereocenters. The van der Waals surface area contributed by atoms with Crippen molar-refractivity contribution in [3.8, 4) is 0 Å². The van der Waals surface area contributed by atoms with E-state index in [1.807, 2.05) is 16.7 Å². The summed E-state index contributed by atoms with van der Waals surface area (Å²) in [5.74, 6) is 0.810. The fourth-order valence-electron chi connectivity index (χ4n) is 4.26. The minimum absolute atomic E-state index is 0.00958. The molecule has 2 aliphatic heterocycles. The van der Waals surface area contributed by atoms with E-state index in [9.17, 15) is 14.9 Å². The molecule has 170 valence electrons. The Morgan fingerprint density at radius 2 is 1.66 bits per heavy atom. The van der Waals surface area contributed by atoms with Crippen molar-refractivity contribution in [2.24, 2.45) is 0 Å². The van der Waals surface area contributed by atoms with Crippen LogP contribution in [0, 0.1) is 10.1 Å². The normalized spacial score (nSPS) is 18.5. The Kier molecular flexibility index (Phi) is 6.71. The third-order valence-electron chi connectivity index (χ3n) is 6.12. The highest BCUT2D eigenvalue weighted by atomic mass is 35.5. The lowest BCUT2D eigenvalue weighted by molar-refractivity contribution is -0.384. The fraction of sp³-hybridized carbons (Fsp3) is 0.476. The summed E-state index contributed by atoms with van der Waals surface area (Å²) in [5.41, 5.74) is 0.577. The molecule has 0 N–H and O–H groups in total. The molecule has 0 aliphatic carbocycles. The molecule has 0 bridgehead atoms. The molecule has 10 nitrogen and oxygen atoms in total. The quantitative estimate of drug-likeness (QED) is 0.493. The van der Waals surface area contributed by atoms with Crippen LogP contribution >= 0.6 is 11.6 Å². The average Bonchev–Trinajstić information content (AvgIpc) is 2.84. The van der Waals surface area contributed by atoms with Gasteiger partial charge in [-0.1, -0.05) is 11.6 Å². The summed E-state index contributed by atoms with van der Waals surface area (Å²) < 4.78 is 0. The highest BCUT2D eigenvalue weighted by molar-refractivity contribution is 6.30. The smallest absolute Gasteiger partial charge is 0.294 e. The van der Waals surface area contributed by atoms with Crippen LogP contribution in [0.2, 0.25) is 5.02 Å². The molecule has 0 radical (unpaired) electrons. The Balaban J connectivity index is 1.31. The SMILES string of the molecule is CC(C(=O)N1CCN(c2ncccn2)CC1)N1CCN(c2ccc(Cl)cc2[N+](=O)[O-])CC1. The van der Waals surface area contributed by atoms with Gasteiger partial charge in [0, 0.05) is 75.8 Å². The molecule has 1 aromatic heterocycles. The van der Waals surface area contributed by atoms with Crippen LogP contribution in [-0.4, -0.2) is 89.0 Å². The van der Waals surface area contributed by atoms with Gasteiger partial charge in [-0.25, -0.2) is 9.97 Å². The zero-order valence-corrected chi connectivity index (χ0v) is 18.7. The second-order valence-corrected chi connectivity index (χ2v) is 8.39. The Hall–Kier alpha value is -2.98. The van der Waals surface area contributed by atoms with Gasteiger partial charge in [0.15, 0.2) is 0 Å². The maximum Gasteiger partial charge on any atom is 0.294 e. The van der Waals surface area contributed by atoms with E-state index in [4.69, 9.17) is 11.6 Å². The Morgan fingerprint density at radius 3 is 2.28 bits per heavy atom. The summed E-state index contributed by atoms with van der Waals surface area (Å²) in [5, 5.41) is 11.8. The summed E-state index contributed by atoms with van der Waals surface area (Å²) in [6.07, 6.45) is 3.44. The lowest BCUT2D eigenvalue weighted by Gasteiger charge is -2.41. The van der Waals surface area contributed by atoms with Gasteiger partial charge in [-0.15, -0.1) is 0 Å². The number of nitro benzene ring substituents is 1. The number of piperazine rings is 2. The van der Waals surface area contributed by atoms with Crippen molar-refractivity contribution in [2.45, 2.75) is 13.0 Å². The highest BCUT2D eigenvalue weighted by Crippen LogP contribution is 2.31. The van der Waals surface area contributed by atoms with Crippen LogP contribution in [0.25, 0.3) is 0 Å². The van der Waals surface area contributed by atoms with Gasteiger partial charge in [-0.05, 0) is 25.1 Å². The van der Waals surface area contributed by atoms with Crippen LogP contribution < -0.4 is 9.80 Å². The van der Waals surface area contributed by atoms with Crippen molar-refractivity contribution in [2.75, 3.05) is 62.2 Å². The van der Waals surface area contributed by atoms with Crippen molar-refractivity contribution >= 4 is 34.8 Å². The molecule has 0 saturated carbocycles. The first kappa shape index (κ1) is 22.2. The molecule has 2 aromatic rings. The minimum Gasteiger partial charge on any atom is -0.363 e. The minimum atomic E-state index is -0.403. The Bertz CT molecular complexity index is 961. The number of anilines is 2. The van der Waals surface area contributed by atoms with Crippen LogP contribution in [-0.2, 0) is 4.79 Å². The largest absolute Gasteiger partial charge is 0.363 e. The van der Waals surface area contributed by atoms with Gasteiger partial charge in [-0.2, -0.15) is 0 Å². The zero-order valence-electron chi connectivity index (χ0n) is 17.9. The standard InChI is InChI=1S/C21H26ClN7O3/c1-16(20(30)27-11-13-28(14-12-27)21-23-5-2-6-24-21)25-7-9-26(10-8-25)18-4-3-17(22)15-19(18)29(31)32/h2-6,15-16H,7-14H2,1H3. The number of carbonyl (C=O) groups excluding carboxylic acids is 1. The molecule has 2 fully saturated rings. The monoisotopic (exact) mass is 459 g/mol. The zero-order chi connectivity index (χ0) is 22.7. The molecular weight excluding hydrogens is 434 g/mol. The van der Waals surface area contributed by atoms with E-state index in [-0.39, 0.29) is 17.6 Å². The van der Waals surface area contributed by atoms with Crippen LogP contribution in [0.3, 0.4) is 0 Å². The fourth-order valence-corrected chi connectivity index (χ4v) is 4.43. The number of hydrogen-bond acceptors (Lipinski definition) is 8. The predicted octanol–water partition coefficient (Wildman–Crippen LogP) is 1.90. The molecule has 3 heterocycles. The molecular formula is C21H26ClN7O3. The van der Waals surface area contributed by atoms with Crippen LogP contribution in [0.1, 0.15) is 6.92 Å². The summed E-state index contributed by atoms with van der Waals surface area (Å²) in [6, 6.07) is 6.30. The third kappa shape index (κ3) is 4.76. The van der Waals surface area contributed by atoms with E-state index in [0.717, 1.165) is 0 Å². The molecule has 1 amide bonds. The van der Waals surface area contributed by atoms with Gasteiger partial charge in [0.1, 0.15) is 5.69 Å². The van der Waals surface area contributed by atoms with Crippen LogP contribution in [0.15, 0.2) is 36.7 Å². The number of halogens is 1. The van der Waals surface area contributed by atoms with E-state index in [1.165, 1.54) is 6.07 Å². The molecule has 2 aliphatic rings. The van der Waals surface area contributed by atoms with Crippen LogP contribution in [0.4, 0.5) is 17.3 Å². The van der Waals surface area contributed by atoms with E-state index < -0.39 is 4.92 Å². The topological polar surface area (TPSA) is 99.0 Å². The maximum absolute atomic E-state index is 13.1. The van der Waals surface area contributed by atoms with Crippen molar-refractivity contribution in [1.82, 2.24) is 19.8 Å². The van der Waals surface area contributed by atoms with Crippen molar-refractivity contribution < 1.29 is 9.72 Å². The van der Waals surface area contributed by atoms with Crippen LogP contribution in [0.5, 0.6) is 0 Å². The second kappa shape index (κ2) is 9.66. The molecule has 1 unspecified atom stereocenters. The van der Waals surface area contributed by atoms with Gasteiger partial charge >= 0.3 is 0 Å². The van der Waals surface area contributed by atoms with E-state index in [0.29, 0.717) is 69.0 Å². The highest BCUT2D eigenvalue weighted by Gasteiger charge is 2.32.